The van der Waals surface area contributed by atoms with Gasteiger partial charge in [0.15, 0.2) is 0 Å². The normalized spacial score (nSPS) is 21.0. The SMILES string of the molecule is CNCC1CCCN(Cc2csc3ccccc23)C1. The first kappa shape index (κ1) is 13.1. The van der Waals surface area contributed by atoms with E-state index in [1.807, 2.05) is 11.3 Å². The minimum Gasteiger partial charge on any atom is -0.319 e. The summed E-state index contributed by atoms with van der Waals surface area (Å²) in [6.45, 7) is 4.76. The van der Waals surface area contributed by atoms with E-state index in [1.54, 1.807) is 0 Å². The van der Waals surface area contributed by atoms with Crippen molar-refractivity contribution >= 4 is 21.4 Å². The fourth-order valence-electron chi connectivity index (χ4n) is 3.15. The molecule has 0 radical (unpaired) electrons. The highest BCUT2D eigenvalue weighted by Gasteiger charge is 2.20. The van der Waals surface area contributed by atoms with Gasteiger partial charge >= 0.3 is 0 Å². The molecular formula is C16H22N2S. The molecule has 3 heteroatoms. The summed E-state index contributed by atoms with van der Waals surface area (Å²) in [6, 6.07) is 8.77. The minimum absolute atomic E-state index is 0.823. The summed E-state index contributed by atoms with van der Waals surface area (Å²) < 4.78 is 1.42. The summed E-state index contributed by atoms with van der Waals surface area (Å²) in [5.41, 5.74) is 1.51. The van der Waals surface area contributed by atoms with Crippen LogP contribution in [0.3, 0.4) is 0 Å². The predicted octanol–water partition coefficient (Wildman–Crippen LogP) is 3.33. The zero-order valence-corrected chi connectivity index (χ0v) is 12.4. The highest BCUT2D eigenvalue weighted by Crippen LogP contribution is 2.28. The Morgan fingerprint density at radius 1 is 1.37 bits per heavy atom. The largest absolute Gasteiger partial charge is 0.319 e. The average Bonchev–Trinajstić information content (AvgIpc) is 2.83. The van der Waals surface area contributed by atoms with Crippen LogP contribution in [0, 0.1) is 5.92 Å². The summed E-state index contributed by atoms with van der Waals surface area (Å²) in [6.07, 6.45) is 2.72. The van der Waals surface area contributed by atoms with Crippen molar-refractivity contribution < 1.29 is 0 Å². The standard InChI is InChI=1S/C16H22N2S/c1-17-9-13-5-4-8-18(10-13)11-14-12-19-16-7-3-2-6-15(14)16/h2-3,6-7,12-13,17H,4-5,8-11H2,1H3. The van der Waals surface area contributed by atoms with Crippen molar-refractivity contribution in [3.63, 3.8) is 0 Å². The van der Waals surface area contributed by atoms with Crippen LogP contribution >= 0.6 is 11.3 Å². The molecule has 0 aliphatic carbocycles. The molecule has 0 amide bonds. The lowest BCUT2D eigenvalue weighted by Gasteiger charge is -2.32. The van der Waals surface area contributed by atoms with Gasteiger partial charge in [-0.15, -0.1) is 11.3 Å². The molecule has 3 rings (SSSR count). The maximum atomic E-state index is 3.32. The van der Waals surface area contributed by atoms with Crippen molar-refractivity contribution in [2.75, 3.05) is 26.7 Å². The van der Waals surface area contributed by atoms with E-state index in [9.17, 15) is 0 Å². The molecule has 0 saturated carbocycles. The highest BCUT2D eigenvalue weighted by atomic mass is 32.1. The van der Waals surface area contributed by atoms with E-state index in [-0.39, 0.29) is 0 Å². The van der Waals surface area contributed by atoms with Gasteiger partial charge < -0.3 is 5.32 Å². The van der Waals surface area contributed by atoms with E-state index in [4.69, 9.17) is 0 Å². The van der Waals surface area contributed by atoms with Crippen LogP contribution in [0.25, 0.3) is 10.1 Å². The second-order valence-electron chi connectivity index (χ2n) is 5.56. The maximum absolute atomic E-state index is 3.32. The number of thiophene rings is 1. The Morgan fingerprint density at radius 2 is 2.26 bits per heavy atom. The van der Waals surface area contributed by atoms with Gasteiger partial charge in [-0.05, 0) is 61.3 Å². The molecule has 19 heavy (non-hydrogen) atoms. The molecule has 2 nitrogen and oxygen atoms in total. The lowest BCUT2D eigenvalue weighted by atomic mass is 9.97. The number of hydrogen-bond donors (Lipinski definition) is 1. The molecule has 1 aromatic carbocycles. The first-order valence-corrected chi connectivity index (χ1v) is 8.07. The molecule has 2 heterocycles. The molecule has 1 aliphatic rings. The number of rotatable bonds is 4. The number of piperidine rings is 1. The first-order chi connectivity index (χ1) is 9.36. The van der Waals surface area contributed by atoms with E-state index in [0.29, 0.717) is 0 Å². The number of likely N-dealkylation sites (tertiary alicyclic amines) is 1. The highest BCUT2D eigenvalue weighted by molar-refractivity contribution is 7.17. The van der Waals surface area contributed by atoms with E-state index >= 15 is 0 Å². The number of benzene rings is 1. The molecular weight excluding hydrogens is 252 g/mol. The molecule has 1 aliphatic heterocycles. The zero-order chi connectivity index (χ0) is 13.1. The molecule has 1 saturated heterocycles. The Labute approximate surface area is 119 Å². The van der Waals surface area contributed by atoms with Crippen LogP contribution in [0.4, 0.5) is 0 Å². The fourth-order valence-corrected chi connectivity index (χ4v) is 4.10. The van der Waals surface area contributed by atoms with Crippen molar-refractivity contribution in [1.29, 1.82) is 0 Å². The maximum Gasteiger partial charge on any atom is 0.0346 e. The minimum atomic E-state index is 0.823. The molecule has 1 N–H and O–H groups in total. The second-order valence-corrected chi connectivity index (χ2v) is 6.47. The van der Waals surface area contributed by atoms with Crippen LogP contribution in [0.2, 0.25) is 0 Å². The van der Waals surface area contributed by atoms with Gasteiger partial charge in [-0.25, -0.2) is 0 Å². The van der Waals surface area contributed by atoms with Crippen molar-refractivity contribution in [1.82, 2.24) is 10.2 Å². The van der Waals surface area contributed by atoms with Crippen LogP contribution in [0.1, 0.15) is 18.4 Å². The summed E-state index contributed by atoms with van der Waals surface area (Å²) in [4.78, 5) is 2.62. The Balaban J connectivity index is 1.70. The number of nitrogens with one attached hydrogen (secondary N) is 1. The Morgan fingerprint density at radius 3 is 3.16 bits per heavy atom. The van der Waals surface area contributed by atoms with Crippen LogP contribution in [-0.2, 0) is 6.54 Å². The monoisotopic (exact) mass is 274 g/mol. The van der Waals surface area contributed by atoms with E-state index in [0.717, 1.165) is 19.0 Å². The van der Waals surface area contributed by atoms with Gasteiger partial charge in [0.25, 0.3) is 0 Å². The third-order valence-corrected chi connectivity index (χ3v) is 5.06. The van der Waals surface area contributed by atoms with Gasteiger partial charge in [0.1, 0.15) is 0 Å². The van der Waals surface area contributed by atoms with Crippen LogP contribution in [-0.4, -0.2) is 31.6 Å². The van der Waals surface area contributed by atoms with Gasteiger partial charge in [-0.3, -0.25) is 4.90 Å². The molecule has 1 atom stereocenters. The van der Waals surface area contributed by atoms with Crippen LogP contribution < -0.4 is 5.32 Å². The quantitative estimate of drug-likeness (QED) is 0.920. The van der Waals surface area contributed by atoms with Gasteiger partial charge in [0.2, 0.25) is 0 Å². The summed E-state index contributed by atoms with van der Waals surface area (Å²) >= 11 is 1.87. The van der Waals surface area contributed by atoms with E-state index < -0.39 is 0 Å². The molecule has 2 aromatic rings. The van der Waals surface area contributed by atoms with Crippen molar-refractivity contribution in [3.8, 4) is 0 Å². The Kier molecular flexibility index (Phi) is 4.16. The lowest BCUT2D eigenvalue weighted by molar-refractivity contribution is 0.167. The zero-order valence-electron chi connectivity index (χ0n) is 11.6. The van der Waals surface area contributed by atoms with E-state index in [1.165, 1.54) is 41.6 Å². The fraction of sp³-hybridized carbons (Fsp3) is 0.500. The van der Waals surface area contributed by atoms with Crippen molar-refractivity contribution in [2.24, 2.45) is 5.92 Å². The molecule has 1 fully saturated rings. The summed E-state index contributed by atoms with van der Waals surface area (Å²) in [7, 11) is 2.06. The topological polar surface area (TPSA) is 15.3 Å². The lowest BCUT2D eigenvalue weighted by Crippen LogP contribution is -2.38. The third kappa shape index (κ3) is 2.99. The summed E-state index contributed by atoms with van der Waals surface area (Å²) in [5.74, 6) is 0.823. The molecule has 0 spiro atoms. The van der Waals surface area contributed by atoms with Crippen LogP contribution in [0.5, 0.6) is 0 Å². The van der Waals surface area contributed by atoms with Crippen LogP contribution in [0.15, 0.2) is 29.6 Å². The summed E-state index contributed by atoms with van der Waals surface area (Å²) in [5, 5.41) is 7.11. The van der Waals surface area contributed by atoms with Gasteiger partial charge in [0, 0.05) is 17.8 Å². The number of hydrogen-bond acceptors (Lipinski definition) is 3. The van der Waals surface area contributed by atoms with Gasteiger partial charge in [0.05, 0.1) is 0 Å². The third-order valence-electron chi connectivity index (χ3n) is 4.05. The molecule has 102 valence electrons. The number of nitrogens with zero attached hydrogens (tertiary/aromatic N) is 1. The Hall–Kier alpha value is -0.900. The molecule has 0 bridgehead atoms. The molecule has 1 unspecified atom stereocenters. The van der Waals surface area contributed by atoms with Gasteiger partial charge in [-0.2, -0.15) is 0 Å². The average molecular weight is 274 g/mol. The van der Waals surface area contributed by atoms with Crippen molar-refractivity contribution in [3.05, 3.63) is 35.2 Å². The van der Waals surface area contributed by atoms with Gasteiger partial charge in [-0.1, -0.05) is 18.2 Å². The second kappa shape index (κ2) is 6.04. The van der Waals surface area contributed by atoms with E-state index in [2.05, 4.69) is 46.9 Å². The number of fused-ring (bicyclic) bond motifs is 1. The smallest absolute Gasteiger partial charge is 0.0346 e. The Bertz CT molecular complexity index is 532. The van der Waals surface area contributed by atoms with Crippen molar-refractivity contribution in [2.45, 2.75) is 19.4 Å². The molecule has 1 aromatic heterocycles. The predicted molar refractivity (Wildman–Crippen MR) is 83.8 cm³/mol. The first-order valence-electron chi connectivity index (χ1n) is 7.19.